The summed E-state index contributed by atoms with van der Waals surface area (Å²) in [5.74, 6) is 0. The van der Waals surface area contributed by atoms with Gasteiger partial charge in [0.15, 0.2) is 8.32 Å². The van der Waals surface area contributed by atoms with Crippen molar-refractivity contribution in [3.05, 3.63) is 243 Å². The molecule has 0 fully saturated rings. The van der Waals surface area contributed by atoms with Crippen molar-refractivity contribution in [1.29, 1.82) is 0 Å². The molecule has 0 bridgehead atoms. The molecule has 297 valence electrons. The smallest absolute Gasteiger partial charge is 0.390 e. The summed E-state index contributed by atoms with van der Waals surface area (Å²) in [5, 5.41) is 8.25. The number of rotatable bonds is 16. The van der Waals surface area contributed by atoms with Crippen LogP contribution in [0.15, 0.2) is 243 Å². The molecule has 0 unspecified atom stereocenters. The van der Waals surface area contributed by atoms with Gasteiger partial charge in [0.25, 0.3) is 9.04 Å². The second-order valence-electron chi connectivity index (χ2n) is 15.6. The molecule has 0 saturated heterocycles. The highest BCUT2D eigenvalue weighted by Gasteiger charge is 2.61. The summed E-state index contributed by atoms with van der Waals surface area (Å²) in [7, 11) is -15.9. The summed E-state index contributed by atoms with van der Waals surface area (Å²) in [6.45, 7) is 6.76. The van der Waals surface area contributed by atoms with Crippen molar-refractivity contribution in [3.8, 4) is 0 Å². The van der Waals surface area contributed by atoms with Crippen LogP contribution in [-0.2, 0) is 16.5 Å². The van der Waals surface area contributed by atoms with Crippen LogP contribution in [-0.4, -0.2) is 43.0 Å². The van der Waals surface area contributed by atoms with Gasteiger partial charge in [-0.2, -0.15) is 0 Å². The highest BCUT2D eigenvalue weighted by atomic mass is 28.5. The largest absolute Gasteiger partial charge is 0.430 e. The average Bonchev–Trinajstić information content (AvgIpc) is 3.31. The minimum Gasteiger partial charge on any atom is -0.430 e. The molecule has 1 radical (unpaired) electrons. The van der Waals surface area contributed by atoms with Gasteiger partial charge in [0.1, 0.15) is 0 Å². The summed E-state index contributed by atoms with van der Waals surface area (Å²) < 4.78 is 33.0. The second-order valence-corrected chi connectivity index (χ2v) is 32.1. The summed E-state index contributed by atoms with van der Waals surface area (Å²) in [4.78, 5) is 0. The lowest BCUT2D eigenvalue weighted by atomic mass is 10.4. The van der Waals surface area contributed by atoms with E-state index in [1.165, 1.54) is 0 Å². The maximum atomic E-state index is 8.59. The molecular weight excluding hydrogens is 817 g/mol. The summed E-state index contributed by atoms with van der Waals surface area (Å²) in [6, 6.07) is 85.0. The predicted molar refractivity (Wildman–Crippen MR) is 259 cm³/mol. The van der Waals surface area contributed by atoms with E-state index in [2.05, 4.69) is 262 Å². The zero-order valence-electron chi connectivity index (χ0n) is 34.2. The molecule has 0 aromatic heterocycles. The molecule has 8 aromatic carbocycles. The normalized spacial score (nSPS) is 12.3. The Morgan fingerprint density at radius 1 is 0.267 bits per heavy atom. The summed E-state index contributed by atoms with van der Waals surface area (Å²) >= 11 is 0. The zero-order valence-corrected chi connectivity index (χ0v) is 39.2. The number of hydrogen-bond acceptors (Lipinski definition) is 4. The predicted octanol–water partition coefficient (Wildman–Crippen LogP) is 6.46. The van der Waals surface area contributed by atoms with E-state index in [0.717, 1.165) is 41.5 Å². The van der Waals surface area contributed by atoms with Crippen molar-refractivity contribution in [2.24, 2.45) is 0 Å². The molecule has 0 spiro atoms. The topological polar surface area (TPSA) is 36.9 Å². The van der Waals surface area contributed by atoms with Crippen molar-refractivity contribution >= 4 is 84.5 Å². The molecule has 9 heteroatoms. The Bertz CT molecular complexity index is 2360. The van der Waals surface area contributed by atoms with E-state index >= 15 is 0 Å². The van der Waals surface area contributed by atoms with Crippen molar-refractivity contribution in [2.75, 3.05) is 0 Å². The van der Waals surface area contributed by atoms with E-state index in [9.17, 15) is 0 Å². The van der Waals surface area contributed by atoms with Crippen LogP contribution >= 0.6 is 0 Å². The van der Waals surface area contributed by atoms with Gasteiger partial charge >= 0.3 is 25.7 Å². The van der Waals surface area contributed by atoms with Gasteiger partial charge in [-0.05, 0) is 61.1 Å². The SMILES string of the molecule is C[Si](C)(C)O[Si](O[Si](O[Si](O[Si](c1ccccc1)c1ccccc1)(c1ccccc1)c1ccccc1)(c1ccccc1)c1ccccc1)(c1ccccc1)c1ccccc1. The van der Waals surface area contributed by atoms with Crippen molar-refractivity contribution in [1.82, 2.24) is 0 Å². The Hall–Kier alpha value is -5.32. The van der Waals surface area contributed by atoms with Gasteiger partial charge in [-0.1, -0.05) is 243 Å². The maximum Gasteiger partial charge on any atom is 0.390 e. The van der Waals surface area contributed by atoms with Gasteiger partial charge in [0, 0.05) is 0 Å². The Kier molecular flexibility index (Phi) is 12.8. The Balaban J connectivity index is 1.50. The van der Waals surface area contributed by atoms with E-state index in [4.69, 9.17) is 16.5 Å². The van der Waals surface area contributed by atoms with Gasteiger partial charge < -0.3 is 16.5 Å². The van der Waals surface area contributed by atoms with E-state index < -0.39 is 43.0 Å². The molecule has 0 heterocycles. The molecule has 0 amide bonds. The molecule has 8 rings (SSSR count). The van der Waals surface area contributed by atoms with E-state index in [-0.39, 0.29) is 0 Å². The standard InChI is InChI=1S/C51H49O4Si5/c1-57(2,3)53-59(48-36-20-8-21-37-48,49-38-22-9-23-39-49)55-60(50-40-24-10-25-41-50,51-42-26-11-27-43-51)54-58(46-32-16-6-17-33-46,47-34-18-7-19-35-47)52-56(44-28-12-4-13-29-44)45-30-14-5-15-31-45/h4-43H,1-3H3. The van der Waals surface area contributed by atoms with E-state index in [0.29, 0.717) is 0 Å². The summed E-state index contributed by atoms with van der Waals surface area (Å²) in [5.41, 5.74) is 0. The lowest BCUT2D eigenvalue weighted by molar-refractivity contribution is 0.330. The van der Waals surface area contributed by atoms with Crippen molar-refractivity contribution < 1.29 is 16.5 Å². The van der Waals surface area contributed by atoms with Crippen LogP contribution in [0.3, 0.4) is 0 Å². The van der Waals surface area contributed by atoms with Crippen LogP contribution < -0.4 is 41.5 Å². The quantitative estimate of drug-likeness (QED) is 0.105. The highest BCUT2D eigenvalue weighted by Crippen LogP contribution is 2.27. The first-order valence-corrected chi connectivity index (χ1v) is 30.7. The molecule has 0 aliphatic carbocycles. The molecule has 0 N–H and O–H groups in total. The van der Waals surface area contributed by atoms with Crippen molar-refractivity contribution in [3.63, 3.8) is 0 Å². The first-order valence-electron chi connectivity index (χ1n) is 20.4. The Labute approximate surface area is 361 Å². The Morgan fingerprint density at radius 3 is 0.750 bits per heavy atom. The second kappa shape index (κ2) is 18.5. The van der Waals surface area contributed by atoms with Crippen LogP contribution in [0, 0.1) is 0 Å². The summed E-state index contributed by atoms with van der Waals surface area (Å²) in [6.07, 6.45) is 0. The number of benzene rings is 8. The van der Waals surface area contributed by atoms with Crippen LogP contribution in [0.5, 0.6) is 0 Å². The monoisotopic (exact) mass is 865 g/mol. The van der Waals surface area contributed by atoms with Crippen LogP contribution in [0.2, 0.25) is 19.6 Å². The molecule has 0 aliphatic heterocycles. The van der Waals surface area contributed by atoms with Crippen LogP contribution in [0.1, 0.15) is 0 Å². The molecule has 0 atom stereocenters. The van der Waals surface area contributed by atoms with Crippen LogP contribution in [0.4, 0.5) is 0 Å². The van der Waals surface area contributed by atoms with Crippen LogP contribution in [0.25, 0.3) is 0 Å². The molecular formula is C51H49O4Si5. The molecule has 4 nitrogen and oxygen atoms in total. The lowest BCUT2D eigenvalue weighted by Crippen LogP contribution is -2.81. The van der Waals surface area contributed by atoms with Gasteiger partial charge in [-0.25, -0.2) is 0 Å². The molecule has 8 aromatic rings. The van der Waals surface area contributed by atoms with Gasteiger partial charge in [0.05, 0.1) is 0 Å². The minimum atomic E-state index is -4.01. The fourth-order valence-electron chi connectivity index (χ4n) is 7.66. The number of hydrogen-bond donors (Lipinski definition) is 0. The maximum absolute atomic E-state index is 8.59. The first-order chi connectivity index (χ1) is 29.3. The average molecular weight is 866 g/mol. The first kappa shape index (κ1) is 41.4. The van der Waals surface area contributed by atoms with Gasteiger partial charge in [-0.3, -0.25) is 0 Å². The third-order valence-electron chi connectivity index (χ3n) is 10.3. The third kappa shape index (κ3) is 8.91. The highest BCUT2D eigenvalue weighted by molar-refractivity contribution is 7.11. The minimum absolute atomic E-state index is 0.972. The van der Waals surface area contributed by atoms with E-state index in [1.54, 1.807) is 0 Å². The fraction of sp³-hybridized carbons (Fsp3) is 0.0588. The third-order valence-corrected chi connectivity index (χ3v) is 28.7. The fourth-order valence-corrected chi connectivity index (χ4v) is 29.8. The zero-order chi connectivity index (χ0) is 41.3. The molecule has 0 saturated carbocycles. The molecule has 60 heavy (non-hydrogen) atoms. The van der Waals surface area contributed by atoms with Gasteiger partial charge in [0.2, 0.25) is 0 Å². The lowest BCUT2D eigenvalue weighted by Gasteiger charge is -2.48. The Morgan fingerprint density at radius 2 is 0.483 bits per heavy atom. The molecule has 0 aliphatic rings. The van der Waals surface area contributed by atoms with Crippen molar-refractivity contribution in [2.45, 2.75) is 19.6 Å². The van der Waals surface area contributed by atoms with Gasteiger partial charge in [-0.15, -0.1) is 0 Å². The van der Waals surface area contributed by atoms with E-state index in [1.807, 2.05) is 0 Å².